The molecule has 3 aromatic carbocycles. The van der Waals surface area contributed by atoms with Crippen molar-refractivity contribution < 1.29 is 24.2 Å². The quantitative estimate of drug-likeness (QED) is 0.189. The van der Waals surface area contributed by atoms with Crippen LogP contribution < -0.4 is 15.4 Å². The molecule has 0 aliphatic carbocycles. The van der Waals surface area contributed by atoms with E-state index < -0.39 is 12.1 Å². The average molecular weight is 668 g/mol. The molecule has 10 nitrogen and oxygen atoms in total. The number of carbonyl (C=O) groups is 2. The maximum atomic E-state index is 14.5. The van der Waals surface area contributed by atoms with Crippen molar-refractivity contribution in [1.29, 1.82) is 0 Å². The van der Waals surface area contributed by atoms with Crippen LogP contribution in [0.5, 0.6) is 5.75 Å². The van der Waals surface area contributed by atoms with Crippen LogP contribution in [0.1, 0.15) is 56.0 Å². The number of nitrogens with one attached hydrogen (secondary N) is 2. The van der Waals surface area contributed by atoms with E-state index in [1.807, 2.05) is 68.4 Å². The molecule has 3 N–H and O–H groups in total. The lowest BCUT2D eigenvalue weighted by molar-refractivity contribution is -0.0177. The summed E-state index contributed by atoms with van der Waals surface area (Å²) in [5, 5.41) is 18.1. The monoisotopic (exact) mass is 667 g/mol. The lowest BCUT2D eigenvalue weighted by Gasteiger charge is -2.36. The number of likely N-dealkylation sites (N-methyl/N-ethyl adjacent to an activating group) is 1. The predicted octanol–water partition coefficient (Wildman–Crippen LogP) is 6.81. The molecule has 260 valence electrons. The van der Waals surface area contributed by atoms with Gasteiger partial charge in [0.15, 0.2) is 0 Å². The number of fused-ring (bicyclic) bond motifs is 2. The summed E-state index contributed by atoms with van der Waals surface area (Å²) >= 11 is 0. The summed E-state index contributed by atoms with van der Waals surface area (Å²) in [7, 11) is 2.07. The van der Waals surface area contributed by atoms with Crippen molar-refractivity contribution in [3.05, 3.63) is 96.3 Å². The Kier molecular flexibility index (Phi) is 12.6. The fourth-order valence-electron chi connectivity index (χ4n) is 6.25. The Morgan fingerprint density at radius 2 is 1.82 bits per heavy atom. The van der Waals surface area contributed by atoms with Crippen LogP contribution in [0.25, 0.3) is 10.8 Å². The van der Waals surface area contributed by atoms with E-state index in [0.29, 0.717) is 42.4 Å². The summed E-state index contributed by atoms with van der Waals surface area (Å²) in [6.07, 6.45) is 5.91. The van der Waals surface area contributed by atoms with E-state index in [1.54, 1.807) is 35.5 Å². The molecule has 4 atom stereocenters. The van der Waals surface area contributed by atoms with Crippen LogP contribution in [0.2, 0.25) is 0 Å². The molecule has 1 aromatic heterocycles. The van der Waals surface area contributed by atoms with Gasteiger partial charge in [-0.2, -0.15) is 0 Å². The van der Waals surface area contributed by atoms with E-state index in [9.17, 15) is 14.7 Å². The standard InChI is InChI=1S/C39H49N5O5/c1-27-23-44(28(2)26-45)38(46)34-22-32(41-39(47)42-35-14-9-12-31-11-5-6-13-33(31)35)15-16-36(34)49-29(3)10-7-8-21-48-37(27)25-43(4)24-30-17-19-40-20-18-30/h5-6,9,11-20,22,27-29,37,45H,7-8,10,21,23-26H2,1-4H3,(H2,41,42,47)/t27-,28-,29+,37+/m0/s1. The Balaban J connectivity index is 1.39. The number of urea groups is 1. The summed E-state index contributed by atoms with van der Waals surface area (Å²) in [4.78, 5) is 35.7. The van der Waals surface area contributed by atoms with Gasteiger partial charge in [-0.05, 0) is 87.5 Å². The molecule has 0 saturated heterocycles. The van der Waals surface area contributed by atoms with E-state index >= 15 is 0 Å². The summed E-state index contributed by atoms with van der Waals surface area (Å²) < 4.78 is 12.8. The number of amides is 3. The number of aliphatic hydroxyl groups is 1. The van der Waals surface area contributed by atoms with Crippen LogP contribution >= 0.6 is 0 Å². The van der Waals surface area contributed by atoms with Crippen molar-refractivity contribution in [2.75, 3.05) is 44.0 Å². The SMILES string of the molecule is C[C@@H]1CCCCO[C@H](CN(C)Cc2ccncc2)[C@@H](C)CN([C@@H](C)CO)C(=O)c2cc(NC(=O)Nc3cccc4ccccc34)ccc2O1. The number of hydrogen-bond donors (Lipinski definition) is 3. The number of pyridine rings is 1. The predicted molar refractivity (Wildman–Crippen MR) is 194 cm³/mol. The second-order valence-electron chi connectivity index (χ2n) is 13.2. The Morgan fingerprint density at radius 3 is 2.61 bits per heavy atom. The highest BCUT2D eigenvalue weighted by molar-refractivity contribution is 6.07. The van der Waals surface area contributed by atoms with Gasteiger partial charge in [0.2, 0.25) is 0 Å². The second-order valence-corrected chi connectivity index (χ2v) is 13.2. The molecular formula is C39H49N5O5. The van der Waals surface area contributed by atoms with Crippen molar-refractivity contribution in [2.45, 2.75) is 64.8 Å². The first-order chi connectivity index (χ1) is 23.7. The first-order valence-corrected chi connectivity index (χ1v) is 17.2. The first kappa shape index (κ1) is 35.8. The van der Waals surface area contributed by atoms with Gasteiger partial charge in [-0.15, -0.1) is 0 Å². The topological polar surface area (TPSA) is 116 Å². The molecule has 0 saturated carbocycles. The van der Waals surface area contributed by atoms with Crippen LogP contribution in [0, 0.1) is 5.92 Å². The van der Waals surface area contributed by atoms with Crippen molar-refractivity contribution in [3.8, 4) is 5.75 Å². The molecular weight excluding hydrogens is 618 g/mol. The van der Waals surface area contributed by atoms with Gasteiger partial charge in [0, 0.05) is 55.6 Å². The fraction of sp³-hybridized carbons (Fsp3) is 0.410. The molecule has 0 fully saturated rings. The van der Waals surface area contributed by atoms with Crippen molar-refractivity contribution in [2.24, 2.45) is 5.92 Å². The largest absolute Gasteiger partial charge is 0.490 e. The Labute approximate surface area is 289 Å². The molecule has 5 rings (SSSR count). The van der Waals surface area contributed by atoms with E-state index in [1.165, 1.54) is 0 Å². The van der Waals surface area contributed by atoms with Gasteiger partial charge in [0.1, 0.15) is 5.75 Å². The van der Waals surface area contributed by atoms with Gasteiger partial charge in [-0.25, -0.2) is 4.79 Å². The highest BCUT2D eigenvalue weighted by Gasteiger charge is 2.30. The summed E-state index contributed by atoms with van der Waals surface area (Å²) in [5.74, 6) is 0.119. The Bertz CT molecular complexity index is 1680. The number of aromatic nitrogens is 1. The number of rotatable bonds is 8. The van der Waals surface area contributed by atoms with Crippen LogP contribution in [0.15, 0.2) is 85.2 Å². The molecule has 1 aliphatic rings. The minimum Gasteiger partial charge on any atom is -0.490 e. The molecule has 0 unspecified atom stereocenters. The molecule has 1 aliphatic heterocycles. The average Bonchev–Trinajstić information content (AvgIpc) is 3.10. The Morgan fingerprint density at radius 1 is 1.04 bits per heavy atom. The highest BCUT2D eigenvalue weighted by Crippen LogP contribution is 2.29. The van der Waals surface area contributed by atoms with E-state index in [0.717, 1.165) is 42.1 Å². The number of carbonyl (C=O) groups excluding carboxylic acids is 2. The lowest BCUT2D eigenvalue weighted by atomic mass is 10.0. The van der Waals surface area contributed by atoms with Gasteiger partial charge in [0.05, 0.1) is 36.1 Å². The van der Waals surface area contributed by atoms with Gasteiger partial charge in [0.25, 0.3) is 5.91 Å². The van der Waals surface area contributed by atoms with E-state index in [2.05, 4.69) is 34.5 Å². The van der Waals surface area contributed by atoms with E-state index in [4.69, 9.17) is 9.47 Å². The molecule has 3 amide bonds. The number of hydrogen-bond acceptors (Lipinski definition) is 7. The molecule has 2 heterocycles. The number of nitrogens with zero attached hydrogens (tertiary/aromatic N) is 3. The zero-order valence-corrected chi connectivity index (χ0v) is 29.0. The summed E-state index contributed by atoms with van der Waals surface area (Å²) in [5.41, 5.74) is 2.62. The summed E-state index contributed by atoms with van der Waals surface area (Å²) in [6.45, 7) is 8.12. The van der Waals surface area contributed by atoms with Crippen LogP contribution in [-0.4, -0.2) is 83.4 Å². The molecule has 49 heavy (non-hydrogen) atoms. The third-order valence-corrected chi connectivity index (χ3v) is 9.04. The number of benzene rings is 3. The smallest absolute Gasteiger partial charge is 0.323 e. The van der Waals surface area contributed by atoms with Crippen LogP contribution in [-0.2, 0) is 11.3 Å². The third kappa shape index (κ3) is 9.78. The van der Waals surface area contributed by atoms with Gasteiger partial charge < -0.3 is 30.1 Å². The minimum atomic E-state index is -0.463. The highest BCUT2D eigenvalue weighted by atomic mass is 16.5. The minimum absolute atomic E-state index is 0.0446. The number of ether oxygens (including phenoxy) is 2. The molecule has 10 heteroatoms. The lowest BCUT2D eigenvalue weighted by Crippen LogP contribution is -2.47. The second kappa shape index (κ2) is 17.2. The molecule has 4 aromatic rings. The molecule has 0 bridgehead atoms. The van der Waals surface area contributed by atoms with Crippen molar-refractivity contribution in [3.63, 3.8) is 0 Å². The maximum Gasteiger partial charge on any atom is 0.323 e. The molecule has 0 radical (unpaired) electrons. The van der Waals surface area contributed by atoms with Gasteiger partial charge in [-0.3, -0.25) is 14.7 Å². The number of anilines is 2. The fourth-order valence-corrected chi connectivity index (χ4v) is 6.25. The Hall–Kier alpha value is -4.51. The zero-order valence-electron chi connectivity index (χ0n) is 29.0. The number of aliphatic hydroxyl groups excluding tert-OH is 1. The van der Waals surface area contributed by atoms with Crippen LogP contribution in [0.3, 0.4) is 0 Å². The zero-order chi connectivity index (χ0) is 34.8. The van der Waals surface area contributed by atoms with E-state index in [-0.39, 0.29) is 30.6 Å². The van der Waals surface area contributed by atoms with Gasteiger partial charge in [-0.1, -0.05) is 43.3 Å². The third-order valence-electron chi connectivity index (χ3n) is 9.04. The van der Waals surface area contributed by atoms with Crippen molar-refractivity contribution in [1.82, 2.24) is 14.8 Å². The van der Waals surface area contributed by atoms with Crippen molar-refractivity contribution >= 4 is 34.1 Å². The van der Waals surface area contributed by atoms with Crippen LogP contribution in [0.4, 0.5) is 16.2 Å². The summed E-state index contributed by atoms with van der Waals surface area (Å²) in [6, 6.07) is 21.9. The molecule has 0 spiro atoms. The first-order valence-electron chi connectivity index (χ1n) is 17.2. The normalized spacial score (nSPS) is 19.8. The maximum absolute atomic E-state index is 14.5. The van der Waals surface area contributed by atoms with Gasteiger partial charge >= 0.3 is 6.03 Å².